The number of carbonyl (C=O) groups excluding carboxylic acids is 1. The van der Waals surface area contributed by atoms with Crippen LogP contribution in [0.5, 0.6) is 0 Å². The molecule has 0 radical (unpaired) electrons. The maximum absolute atomic E-state index is 13.5. The number of nitrogens with two attached hydrogens (primary N) is 1. The summed E-state index contributed by atoms with van der Waals surface area (Å²) < 4.78 is 55.0. The largest absolute Gasteiger partial charge is 0.416 e. The van der Waals surface area contributed by atoms with E-state index < -0.39 is 29.7 Å². The van der Waals surface area contributed by atoms with Gasteiger partial charge < -0.3 is 15.5 Å². The number of amides is 1. The molecule has 9 nitrogen and oxygen atoms in total. The molecule has 2 aliphatic rings. The Morgan fingerprint density at radius 1 is 1.13 bits per heavy atom. The van der Waals surface area contributed by atoms with Gasteiger partial charge in [-0.3, -0.25) is 14.2 Å². The van der Waals surface area contributed by atoms with Crippen molar-refractivity contribution in [2.24, 2.45) is 5.92 Å². The highest BCUT2D eigenvalue weighted by molar-refractivity contribution is 6.09. The smallest absolute Gasteiger partial charge is 0.383 e. The number of aryl methyl sites for hydroxylation is 1. The molecule has 13 heteroatoms. The predicted octanol–water partition coefficient (Wildman–Crippen LogP) is 4.12. The summed E-state index contributed by atoms with van der Waals surface area (Å²) in [7, 11) is 0. The first-order chi connectivity index (χ1) is 18.2. The minimum Gasteiger partial charge on any atom is -0.383 e. The van der Waals surface area contributed by atoms with Gasteiger partial charge in [0.1, 0.15) is 22.7 Å². The normalized spacial score (nSPS) is 19.1. The van der Waals surface area contributed by atoms with Gasteiger partial charge >= 0.3 is 6.18 Å². The number of imidazole rings is 1. The monoisotopic (exact) mass is 526 g/mol. The van der Waals surface area contributed by atoms with Crippen LogP contribution >= 0.6 is 0 Å². The third kappa shape index (κ3) is 3.75. The summed E-state index contributed by atoms with van der Waals surface area (Å²) in [5, 5.41) is 2.73. The highest BCUT2D eigenvalue weighted by atomic mass is 19.4. The van der Waals surface area contributed by atoms with Crippen molar-refractivity contribution in [3.05, 3.63) is 59.4 Å². The second kappa shape index (κ2) is 8.71. The summed E-state index contributed by atoms with van der Waals surface area (Å²) in [6.45, 7) is -0.432. The number of nitrogens with zero attached hydrogens (tertiary/aromatic N) is 6. The molecule has 6 rings (SSSR count). The van der Waals surface area contributed by atoms with Gasteiger partial charge in [-0.1, -0.05) is 0 Å². The number of carbonyl (C=O) groups is 1. The number of rotatable bonds is 7. The van der Waals surface area contributed by atoms with E-state index in [0.29, 0.717) is 49.1 Å². The molecule has 5 heterocycles. The van der Waals surface area contributed by atoms with E-state index >= 15 is 0 Å². The SMILES string of the molecule is Nc1nc(-c2cn3ccnc3c(CCCCF)n2)nc2c1C(c1cc(C(F)(F)F)ccn1)(C1CC1)C(=O)N2. The number of hydrogen-bond donors (Lipinski definition) is 2. The minimum absolute atomic E-state index is 0.0396. The summed E-state index contributed by atoms with van der Waals surface area (Å²) in [6, 6.07) is 1.77. The molecule has 1 aliphatic carbocycles. The summed E-state index contributed by atoms with van der Waals surface area (Å²) in [6.07, 6.45) is 4.15. The summed E-state index contributed by atoms with van der Waals surface area (Å²) in [5.41, 5.74) is 5.79. The number of aromatic nitrogens is 6. The van der Waals surface area contributed by atoms with Crippen LogP contribution in [0, 0.1) is 5.92 Å². The van der Waals surface area contributed by atoms with Crippen LogP contribution in [0.3, 0.4) is 0 Å². The predicted molar refractivity (Wildman–Crippen MR) is 129 cm³/mol. The first-order valence-electron chi connectivity index (χ1n) is 12.2. The van der Waals surface area contributed by atoms with Crippen LogP contribution in [0.4, 0.5) is 29.2 Å². The van der Waals surface area contributed by atoms with Crippen LogP contribution in [0.15, 0.2) is 36.9 Å². The van der Waals surface area contributed by atoms with E-state index in [9.17, 15) is 22.4 Å². The number of halogens is 4. The molecule has 38 heavy (non-hydrogen) atoms. The number of anilines is 2. The molecule has 1 fully saturated rings. The first kappa shape index (κ1) is 24.2. The zero-order valence-electron chi connectivity index (χ0n) is 20.0. The Kier molecular flexibility index (Phi) is 5.54. The zero-order valence-corrected chi connectivity index (χ0v) is 20.0. The van der Waals surface area contributed by atoms with Gasteiger partial charge in [0.25, 0.3) is 0 Å². The average molecular weight is 526 g/mol. The van der Waals surface area contributed by atoms with Crippen LogP contribution in [-0.4, -0.2) is 41.9 Å². The van der Waals surface area contributed by atoms with E-state index in [0.717, 1.165) is 18.3 Å². The molecule has 3 N–H and O–H groups in total. The van der Waals surface area contributed by atoms with Gasteiger partial charge in [-0.05, 0) is 50.2 Å². The van der Waals surface area contributed by atoms with E-state index in [-0.39, 0.29) is 34.6 Å². The summed E-state index contributed by atoms with van der Waals surface area (Å²) in [4.78, 5) is 35.7. The Balaban J connectivity index is 1.48. The lowest BCUT2D eigenvalue weighted by Crippen LogP contribution is -2.39. The number of alkyl halides is 4. The quantitative estimate of drug-likeness (QED) is 0.274. The van der Waals surface area contributed by atoms with Crippen molar-refractivity contribution < 1.29 is 22.4 Å². The maximum Gasteiger partial charge on any atom is 0.416 e. The van der Waals surface area contributed by atoms with Gasteiger partial charge in [0.15, 0.2) is 11.5 Å². The van der Waals surface area contributed by atoms with Gasteiger partial charge in [0.05, 0.1) is 29.2 Å². The van der Waals surface area contributed by atoms with Crippen molar-refractivity contribution in [2.75, 3.05) is 17.7 Å². The Labute approximate surface area is 213 Å². The number of fused-ring (bicyclic) bond motifs is 2. The van der Waals surface area contributed by atoms with E-state index in [1.165, 1.54) is 0 Å². The lowest BCUT2D eigenvalue weighted by atomic mass is 9.74. The Hall–Kier alpha value is -4.16. The average Bonchev–Trinajstić information content (AvgIpc) is 3.53. The maximum atomic E-state index is 13.5. The highest BCUT2D eigenvalue weighted by Gasteiger charge is 2.60. The van der Waals surface area contributed by atoms with E-state index in [1.807, 2.05) is 0 Å². The van der Waals surface area contributed by atoms with E-state index in [1.54, 1.807) is 23.0 Å². The van der Waals surface area contributed by atoms with E-state index in [4.69, 9.17) is 5.73 Å². The van der Waals surface area contributed by atoms with Crippen LogP contribution < -0.4 is 11.1 Å². The van der Waals surface area contributed by atoms with Crippen molar-refractivity contribution in [1.29, 1.82) is 0 Å². The molecule has 4 aromatic heterocycles. The molecule has 0 bridgehead atoms. The van der Waals surface area contributed by atoms with Crippen LogP contribution in [0.25, 0.3) is 17.2 Å². The molecule has 1 saturated carbocycles. The van der Waals surface area contributed by atoms with Crippen LogP contribution in [-0.2, 0) is 22.8 Å². The Morgan fingerprint density at radius 2 is 1.95 bits per heavy atom. The number of pyridine rings is 1. The molecule has 196 valence electrons. The molecule has 0 aromatic carbocycles. The van der Waals surface area contributed by atoms with Gasteiger partial charge in [0, 0.05) is 24.8 Å². The van der Waals surface area contributed by atoms with Gasteiger partial charge in [-0.25, -0.2) is 19.9 Å². The summed E-state index contributed by atoms with van der Waals surface area (Å²) >= 11 is 0. The fourth-order valence-electron chi connectivity index (χ4n) is 5.23. The third-order valence-corrected chi connectivity index (χ3v) is 7.07. The Morgan fingerprint density at radius 3 is 2.68 bits per heavy atom. The van der Waals surface area contributed by atoms with Gasteiger partial charge in [0.2, 0.25) is 5.91 Å². The molecule has 1 aliphatic heterocycles. The molecular formula is C25H22F4N8O. The molecule has 1 amide bonds. The third-order valence-electron chi connectivity index (χ3n) is 7.07. The number of nitrogen functional groups attached to an aromatic ring is 1. The lowest BCUT2D eigenvalue weighted by molar-refractivity contribution is -0.137. The van der Waals surface area contributed by atoms with Gasteiger partial charge in [-0.2, -0.15) is 13.2 Å². The first-order valence-corrected chi connectivity index (χ1v) is 12.2. The molecule has 1 unspecified atom stereocenters. The minimum atomic E-state index is -4.61. The molecule has 4 aromatic rings. The number of unbranched alkanes of at least 4 members (excludes halogenated alkanes) is 1. The second-order valence-corrected chi connectivity index (χ2v) is 9.50. The van der Waals surface area contributed by atoms with Crippen molar-refractivity contribution in [3.63, 3.8) is 0 Å². The van der Waals surface area contributed by atoms with Crippen LogP contribution in [0.1, 0.15) is 48.2 Å². The number of nitrogens with one attached hydrogen (secondary N) is 1. The fraction of sp³-hybridized carbons (Fsp3) is 0.360. The fourth-order valence-corrected chi connectivity index (χ4v) is 5.23. The molecule has 0 spiro atoms. The van der Waals surface area contributed by atoms with E-state index in [2.05, 4.69) is 30.2 Å². The number of hydrogen-bond acceptors (Lipinski definition) is 7. The lowest BCUT2D eigenvalue weighted by Gasteiger charge is -2.28. The zero-order chi connectivity index (χ0) is 26.7. The Bertz CT molecular complexity index is 1560. The molecular weight excluding hydrogens is 504 g/mol. The van der Waals surface area contributed by atoms with Crippen molar-refractivity contribution in [3.8, 4) is 11.5 Å². The van der Waals surface area contributed by atoms with Crippen molar-refractivity contribution in [2.45, 2.75) is 43.7 Å². The van der Waals surface area contributed by atoms with Crippen molar-refractivity contribution >= 4 is 23.2 Å². The standard InChI is InChI=1S/C25H22F4N8O/c26-7-2-1-3-15-22-32-9-10-37(22)12-16(33-15)20-34-19(30)18-21(35-20)36-23(38)24(18,13-4-5-13)17-11-14(6-8-31-17)25(27,28)29/h6,8-13H,1-5,7H2,(H3,30,34,35,36,38). The highest BCUT2D eigenvalue weighted by Crippen LogP contribution is 2.57. The summed E-state index contributed by atoms with van der Waals surface area (Å²) in [5.74, 6) is -0.618. The topological polar surface area (TPSA) is 124 Å². The molecule has 1 atom stereocenters. The molecule has 0 saturated heterocycles. The second-order valence-electron chi connectivity index (χ2n) is 9.50. The van der Waals surface area contributed by atoms with Crippen molar-refractivity contribution in [1.82, 2.24) is 29.3 Å². The van der Waals surface area contributed by atoms with Crippen LogP contribution in [0.2, 0.25) is 0 Å². The van der Waals surface area contributed by atoms with Gasteiger partial charge in [-0.15, -0.1) is 0 Å².